The van der Waals surface area contributed by atoms with Gasteiger partial charge in [0.2, 0.25) is 0 Å². The van der Waals surface area contributed by atoms with Crippen LogP contribution in [0, 0.1) is 0 Å². The van der Waals surface area contributed by atoms with E-state index in [1.165, 1.54) is 0 Å². The molecule has 0 radical (unpaired) electrons. The fourth-order valence-corrected chi connectivity index (χ4v) is 3.44. The van der Waals surface area contributed by atoms with Crippen molar-refractivity contribution in [1.29, 1.82) is 0 Å². The van der Waals surface area contributed by atoms with Crippen molar-refractivity contribution in [2.24, 2.45) is 0 Å². The summed E-state index contributed by atoms with van der Waals surface area (Å²) in [6.07, 6.45) is 2.07. The number of sulfone groups is 1. The van der Waals surface area contributed by atoms with Gasteiger partial charge in [-0.25, -0.2) is 8.42 Å². The van der Waals surface area contributed by atoms with E-state index in [4.69, 9.17) is 0 Å². The molecular formula is C13H19N3O3S. The van der Waals surface area contributed by atoms with Gasteiger partial charge < -0.3 is 10.2 Å². The molecule has 20 heavy (non-hydrogen) atoms. The van der Waals surface area contributed by atoms with Crippen molar-refractivity contribution < 1.29 is 13.2 Å². The van der Waals surface area contributed by atoms with Crippen LogP contribution in [0.25, 0.3) is 0 Å². The van der Waals surface area contributed by atoms with Crippen molar-refractivity contribution in [2.45, 2.75) is 13.3 Å². The minimum absolute atomic E-state index is 0.0334. The van der Waals surface area contributed by atoms with E-state index in [-0.39, 0.29) is 24.0 Å². The van der Waals surface area contributed by atoms with E-state index in [0.717, 1.165) is 12.2 Å². The van der Waals surface area contributed by atoms with Gasteiger partial charge in [0.1, 0.15) is 5.69 Å². The highest BCUT2D eigenvalue weighted by molar-refractivity contribution is 7.91. The zero-order chi connectivity index (χ0) is 14.6. The number of nitrogens with one attached hydrogen (secondary N) is 1. The second-order valence-electron chi connectivity index (χ2n) is 4.76. The van der Waals surface area contributed by atoms with E-state index >= 15 is 0 Å². The first-order valence-electron chi connectivity index (χ1n) is 6.71. The third-order valence-corrected chi connectivity index (χ3v) is 4.92. The Morgan fingerprint density at radius 1 is 1.40 bits per heavy atom. The number of anilines is 1. The molecule has 0 spiro atoms. The molecule has 1 N–H and O–H groups in total. The van der Waals surface area contributed by atoms with Crippen molar-refractivity contribution in [3.63, 3.8) is 0 Å². The van der Waals surface area contributed by atoms with Gasteiger partial charge in [0, 0.05) is 31.5 Å². The topological polar surface area (TPSA) is 79.4 Å². The van der Waals surface area contributed by atoms with Gasteiger partial charge in [0.15, 0.2) is 9.84 Å². The second-order valence-corrected chi connectivity index (χ2v) is 7.06. The highest BCUT2D eigenvalue weighted by atomic mass is 32.2. The fourth-order valence-electron chi connectivity index (χ4n) is 2.17. The van der Waals surface area contributed by atoms with Crippen molar-refractivity contribution in [2.75, 3.05) is 36.5 Å². The molecule has 0 atom stereocenters. The zero-order valence-electron chi connectivity index (χ0n) is 11.5. The Morgan fingerprint density at radius 3 is 2.95 bits per heavy atom. The first kappa shape index (κ1) is 14.8. The number of hydrogen-bond acceptors (Lipinski definition) is 5. The van der Waals surface area contributed by atoms with Gasteiger partial charge in [-0.15, -0.1) is 0 Å². The molecule has 1 amide bonds. The summed E-state index contributed by atoms with van der Waals surface area (Å²) in [5.74, 6) is -0.0188. The number of aromatic nitrogens is 1. The zero-order valence-corrected chi connectivity index (χ0v) is 12.3. The van der Waals surface area contributed by atoms with E-state index in [1.54, 1.807) is 23.2 Å². The van der Waals surface area contributed by atoms with Crippen LogP contribution in [-0.4, -0.2) is 55.3 Å². The molecule has 0 aliphatic carbocycles. The normalized spacial score (nSPS) is 18.4. The highest BCUT2D eigenvalue weighted by Crippen LogP contribution is 2.12. The first-order valence-corrected chi connectivity index (χ1v) is 8.53. The summed E-state index contributed by atoms with van der Waals surface area (Å²) >= 11 is 0. The maximum absolute atomic E-state index is 12.4. The van der Waals surface area contributed by atoms with Gasteiger partial charge in [-0.1, -0.05) is 0 Å². The predicted molar refractivity (Wildman–Crippen MR) is 77.6 cm³/mol. The van der Waals surface area contributed by atoms with Gasteiger partial charge in [-0.05, 0) is 25.5 Å². The Kier molecular flexibility index (Phi) is 4.59. The van der Waals surface area contributed by atoms with Crippen LogP contribution in [-0.2, 0) is 9.84 Å². The van der Waals surface area contributed by atoms with Crippen LogP contribution in [0.1, 0.15) is 23.8 Å². The number of amides is 1. The molecule has 7 heteroatoms. The molecule has 6 nitrogen and oxygen atoms in total. The van der Waals surface area contributed by atoms with Gasteiger partial charge in [0.25, 0.3) is 5.91 Å². The maximum Gasteiger partial charge on any atom is 0.272 e. The van der Waals surface area contributed by atoms with Gasteiger partial charge in [-0.3, -0.25) is 9.78 Å². The quantitative estimate of drug-likeness (QED) is 0.891. The smallest absolute Gasteiger partial charge is 0.272 e. The lowest BCUT2D eigenvalue weighted by Gasteiger charge is -2.19. The number of carbonyl (C=O) groups excluding carboxylic acids is 1. The molecular weight excluding hydrogens is 278 g/mol. The molecule has 2 heterocycles. The van der Waals surface area contributed by atoms with E-state index < -0.39 is 9.84 Å². The number of nitrogens with zero attached hydrogens (tertiary/aromatic N) is 2. The van der Waals surface area contributed by atoms with Crippen LogP contribution in [0.2, 0.25) is 0 Å². The summed E-state index contributed by atoms with van der Waals surface area (Å²) in [6.45, 7) is 3.45. The van der Waals surface area contributed by atoms with Crippen LogP contribution >= 0.6 is 0 Å². The summed E-state index contributed by atoms with van der Waals surface area (Å²) in [5.41, 5.74) is 1.19. The average Bonchev–Trinajstić information content (AvgIpc) is 2.60. The van der Waals surface area contributed by atoms with Crippen LogP contribution < -0.4 is 5.32 Å². The largest absolute Gasteiger partial charge is 0.385 e. The molecule has 1 aliphatic heterocycles. The van der Waals surface area contributed by atoms with Gasteiger partial charge in [0.05, 0.1) is 11.5 Å². The molecule has 1 aromatic rings. The van der Waals surface area contributed by atoms with Crippen molar-refractivity contribution in [3.8, 4) is 0 Å². The first-order chi connectivity index (χ1) is 9.52. The van der Waals surface area contributed by atoms with Crippen LogP contribution in [0.4, 0.5) is 5.69 Å². The monoisotopic (exact) mass is 297 g/mol. The van der Waals surface area contributed by atoms with Crippen molar-refractivity contribution >= 4 is 21.4 Å². The summed E-state index contributed by atoms with van der Waals surface area (Å²) in [4.78, 5) is 18.0. The molecule has 110 valence electrons. The van der Waals surface area contributed by atoms with Gasteiger partial charge >= 0.3 is 0 Å². The van der Waals surface area contributed by atoms with Crippen LogP contribution in [0.5, 0.6) is 0 Å². The van der Waals surface area contributed by atoms with E-state index in [1.807, 2.05) is 6.92 Å². The van der Waals surface area contributed by atoms with E-state index in [2.05, 4.69) is 10.3 Å². The number of carbonyl (C=O) groups is 1. The minimum Gasteiger partial charge on any atom is -0.385 e. The summed E-state index contributed by atoms with van der Waals surface area (Å²) in [7, 11) is -3.01. The van der Waals surface area contributed by atoms with Crippen LogP contribution in [0.15, 0.2) is 18.3 Å². The number of pyridine rings is 1. The fraction of sp³-hybridized carbons (Fsp3) is 0.538. The lowest BCUT2D eigenvalue weighted by Crippen LogP contribution is -2.34. The Balaban J connectivity index is 2.12. The molecule has 0 saturated carbocycles. The number of hydrogen-bond donors (Lipinski definition) is 1. The maximum atomic E-state index is 12.4. The standard InChI is InChI=1S/C13H19N3O3S/c1-2-14-11-4-5-15-12(10-11)13(17)16-6-3-8-20(18,19)9-7-16/h4-5,10H,2-3,6-9H2,1H3,(H,14,15). The molecule has 0 aromatic carbocycles. The lowest BCUT2D eigenvalue weighted by molar-refractivity contribution is 0.0762. The average molecular weight is 297 g/mol. The highest BCUT2D eigenvalue weighted by Gasteiger charge is 2.24. The Bertz CT molecular complexity index is 586. The Morgan fingerprint density at radius 2 is 2.20 bits per heavy atom. The third-order valence-electron chi connectivity index (χ3n) is 3.20. The minimum atomic E-state index is -3.01. The summed E-state index contributed by atoms with van der Waals surface area (Å²) < 4.78 is 23.1. The van der Waals surface area contributed by atoms with Gasteiger partial charge in [-0.2, -0.15) is 0 Å². The van der Waals surface area contributed by atoms with E-state index in [0.29, 0.717) is 18.7 Å². The molecule has 1 aliphatic rings. The molecule has 1 fully saturated rings. The lowest BCUT2D eigenvalue weighted by atomic mass is 10.2. The SMILES string of the molecule is CCNc1ccnc(C(=O)N2CCCS(=O)(=O)CC2)c1. The summed E-state index contributed by atoms with van der Waals surface area (Å²) in [6, 6.07) is 3.50. The Hall–Kier alpha value is -1.63. The van der Waals surface area contributed by atoms with Crippen molar-refractivity contribution in [3.05, 3.63) is 24.0 Å². The molecule has 1 saturated heterocycles. The predicted octanol–water partition coefficient (Wildman–Crippen LogP) is 0.774. The second kappa shape index (κ2) is 6.21. The van der Waals surface area contributed by atoms with Crippen molar-refractivity contribution in [1.82, 2.24) is 9.88 Å². The van der Waals surface area contributed by atoms with E-state index in [9.17, 15) is 13.2 Å². The molecule has 0 bridgehead atoms. The molecule has 0 unspecified atom stereocenters. The molecule has 1 aromatic heterocycles. The van der Waals surface area contributed by atoms with Crippen LogP contribution in [0.3, 0.4) is 0 Å². The summed E-state index contributed by atoms with van der Waals surface area (Å²) in [5, 5.41) is 3.12. The number of rotatable bonds is 3. The Labute approximate surface area is 119 Å². The third kappa shape index (κ3) is 3.69. The molecule has 2 rings (SSSR count).